The van der Waals surface area contributed by atoms with Crippen LogP contribution in [0.3, 0.4) is 0 Å². The monoisotopic (exact) mass is 1460 g/mol. The Hall–Kier alpha value is 8.03. The van der Waals surface area contributed by atoms with Gasteiger partial charge in [0.2, 0.25) is 0 Å². The molecule has 0 saturated heterocycles. The molecular formula is C5HI11. The van der Waals surface area contributed by atoms with Crippen LogP contribution in [-0.2, 0) is 0 Å². The second-order valence-corrected chi connectivity index (χ2v) is 36.6. The van der Waals surface area contributed by atoms with Crippen LogP contribution in [-0.4, -0.2) is 5.65 Å². The number of hydrogen-bond donors (Lipinski definition) is 0. The summed E-state index contributed by atoms with van der Waals surface area (Å²) in [6.07, 6.45) is 0. The first-order chi connectivity index (χ1) is 6.69. The fraction of sp³-hybridized carbons (Fsp3) is 1.00. The van der Waals surface area contributed by atoms with E-state index >= 15 is 0 Å². The fourth-order valence-electron chi connectivity index (χ4n) is 0.689. The van der Waals surface area contributed by atoms with Crippen LogP contribution in [0.25, 0.3) is 0 Å². The summed E-state index contributed by atoms with van der Waals surface area (Å²) >= 11 is 28.5. The Bertz CT molecular complexity index is 230. The van der Waals surface area contributed by atoms with Gasteiger partial charge in [-0.05, 0) is 0 Å². The van der Waals surface area contributed by atoms with Crippen molar-refractivity contribution in [3.05, 3.63) is 0 Å². The van der Waals surface area contributed by atoms with E-state index in [9.17, 15) is 0 Å². The molecule has 0 nitrogen and oxygen atoms in total. The summed E-state index contributed by atoms with van der Waals surface area (Å²) in [6.45, 7) is 0. The van der Waals surface area contributed by atoms with Gasteiger partial charge in [0.15, 0.2) is 0 Å². The van der Waals surface area contributed by atoms with Crippen LogP contribution in [0.1, 0.15) is 0 Å². The smallest absolute Gasteiger partial charge is 0.0700 e. The summed E-state index contributed by atoms with van der Waals surface area (Å²) in [5, 5.41) is 0. The Morgan fingerprint density at radius 2 is 0.812 bits per heavy atom. The standard InChI is InChI=1S/C5HI11/c6-1(7)2(8,9)3(10,4(11,12)13)5(14,15)16/h1H. The summed E-state index contributed by atoms with van der Waals surface area (Å²) in [4.78, 5) is 0. The highest BCUT2D eigenvalue weighted by Crippen LogP contribution is 2.72. The summed E-state index contributed by atoms with van der Waals surface area (Å²) in [5.41, 5.74) is 0. The minimum Gasteiger partial charge on any atom is -0.0700 e. The van der Waals surface area contributed by atoms with Crippen molar-refractivity contribution in [2.45, 2.75) is 5.65 Å². The van der Waals surface area contributed by atoms with E-state index in [0.717, 1.165) is 0 Å². The summed E-state index contributed by atoms with van der Waals surface area (Å²) < 4.78 is 1.20. The third-order valence-corrected chi connectivity index (χ3v) is 26.6. The van der Waals surface area contributed by atoms with Crippen LogP contribution < -0.4 is 0 Å². The number of rotatable bonds is 4. The molecule has 0 amide bonds. The molecule has 0 aromatic rings. The average molecular weight is 1460 g/mol. The van der Waals surface area contributed by atoms with Crippen molar-refractivity contribution in [1.82, 2.24) is 0 Å². The minimum absolute atomic E-state index is 0.141. The van der Waals surface area contributed by atoms with Crippen LogP contribution >= 0.6 is 248 Å². The van der Waals surface area contributed by atoms with Gasteiger partial charge in [-0.2, -0.15) is 0 Å². The van der Waals surface area contributed by atoms with Crippen molar-refractivity contribution in [1.29, 1.82) is 0 Å². The zero-order valence-corrected chi connectivity index (χ0v) is 30.5. The number of halogens is 11. The van der Waals surface area contributed by atoms with Crippen LogP contribution in [0.15, 0.2) is 0 Å². The molecule has 0 aliphatic carbocycles. The molecule has 0 spiro atoms. The molecule has 0 N–H and O–H groups in total. The van der Waals surface area contributed by atoms with Gasteiger partial charge < -0.3 is 0 Å². The topological polar surface area (TPSA) is 0 Å². The SMILES string of the molecule is IC(I)C(I)(I)C(I)(C(I)(I)I)C(I)(I)I. The molecule has 0 fully saturated rings. The first kappa shape index (κ1) is 24.0. The number of alkyl halides is 11. The second-order valence-electron chi connectivity index (χ2n) is 2.58. The van der Waals surface area contributed by atoms with E-state index in [1.165, 1.54) is 0 Å². The lowest BCUT2D eigenvalue weighted by Crippen LogP contribution is -2.59. The van der Waals surface area contributed by atoms with Crippen molar-refractivity contribution in [3.63, 3.8) is 0 Å². The fourth-order valence-corrected chi connectivity index (χ4v) is 20.6. The van der Waals surface area contributed by atoms with Crippen LogP contribution in [0.5, 0.6) is 0 Å². The molecule has 0 heterocycles. The molecule has 11 heteroatoms. The first-order valence-corrected chi connectivity index (χ1v) is 15.4. The van der Waals surface area contributed by atoms with E-state index in [1.54, 1.807) is 0 Å². The lowest BCUT2D eigenvalue weighted by Gasteiger charge is -2.50. The Morgan fingerprint density at radius 3 is 0.875 bits per heavy atom. The van der Waals surface area contributed by atoms with Gasteiger partial charge in [0.1, 0.15) is 3.72 Å². The summed E-state index contributed by atoms with van der Waals surface area (Å²) in [5.74, 6) is 0. The van der Waals surface area contributed by atoms with E-state index in [2.05, 4.69) is 248 Å². The molecule has 0 aliphatic heterocycles. The van der Waals surface area contributed by atoms with E-state index < -0.39 is 0 Å². The molecule has 16 heavy (non-hydrogen) atoms. The third-order valence-electron chi connectivity index (χ3n) is 1.51. The van der Waals surface area contributed by atoms with Crippen molar-refractivity contribution >= 4 is 248 Å². The molecule has 0 rings (SSSR count). The average Bonchev–Trinajstić information content (AvgIpc) is 1.97. The largest absolute Gasteiger partial charge is 0.143 e. The van der Waals surface area contributed by atoms with E-state index in [4.69, 9.17) is 0 Å². The van der Waals surface area contributed by atoms with Crippen molar-refractivity contribution in [2.24, 2.45) is 0 Å². The zero-order valence-electron chi connectivity index (χ0n) is 6.73. The second kappa shape index (κ2) is 9.11. The highest BCUT2D eigenvalue weighted by Gasteiger charge is 2.68. The van der Waals surface area contributed by atoms with Gasteiger partial charge in [-0.3, -0.25) is 0 Å². The van der Waals surface area contributed by atoms with Crippen LogP contribution in [0.4, 0.5) is 0 Å². The molecule has 0 bridgehead atoms. The predicted octanol–water partition coefficient (Wildman–Crippen LogP) is 8.84. The molecule has 0 atom stereocenters. The first-order valence-electron chi connectivity index (χ1n) is 3.18. The third kappa shape index (κ3) is 5.79. The van der Waals surface area contributed by atoms with Gasteiger partial charge in [-0.15, -0.1) is 0 Å². The van der Waals surface area contributed by atoms with Crippen molar-refractivity contribution in [2.75, 3.05) is 0 Å². The minimum atomic E-state index is 0.141. The molecule has 0 saturated carbocycles. The maximum absolute atomic E-state index is 2.68. The summed E-state index contributed by atoms with van der Waals surface area (Å²) in [7, 11) is 0. The maximum Gasteiger partial charge on any atom is 0.143 e. The van der Waals surface area contributed by atoms with Crippen molar-refractivity contribution in [3.8, 4) is 0 Å². The molecule has 0 aromatic heterocycles. The normalized spacial score (nSPS) is 15.8. The summed E-state index contributed by atoms with van der Waals surface area (Å²) in [6, 6.07) is 0. The molecule has 0 unspecified atom stereocenters. The molecule has 98 valence electrons. The van der Waals surface area contributed by atoms with E-state index in [0.29, 0.717) is 1.93 Å². The Balaban J connectivity index is 5.81. The van der Waals surface area contributed by atoms with Gasteiger partial charge >= 0.3 is 0 Å². The van der Waals surface area contributed by atoms with E-state index in [1.807, 2.05) is 0 Å². The molecule has 0 radical (unpaired) electrons. The Morgan fingerprint density at radius 1 is 0.562 bits per heavy atom. The van der Waals surface area contributed by atoms with Crippen LogP contribution in [0, 0.1) is 0 Å². The highest BCUT2D eigenvalue weighted by atomic mass is 127. The van der Waals surface area contributed by atoms with Gasteiger partial charge in [-0.25, -0.2) is 0 Å². The number of hydrogen-bond acceptors (Lipinski definition) is 0. The lowest BCUT2D eigenvalue weighted by molar-refractivity contribution is 0.746. The van der Waals surface area contributed by atoms with Gasteiger partial charge in [0.25, 0.3) is 0 Å². The van der Waals surface area contributed by atoms with Crippen LogP contribution in [0.2, 0.25) is 0 Å². The van der Waals surface area contributed by atoms with Gasteiger partial charge in [0, 0.05) is 0 Å². The van der Waals surface area contributed by atoms with Gasteiger partial charge in [0.05, 0.1) is 1.93 Å². The Labute approximate surface area is 246 Å². The maximum atomic E-state index is 2.68. The molecule has 0 aromatic carbocycles. The van der Waals surface area contributed by atoms with Crippen molar-refractivity contribution < 1.29 is 0 Å². The molecular weight excluding hydrogens is 1460 g/mol. The lowest BCUT2D eigenvalue weighted by atomic mass is 10.1. The Kier molecular flexibility index (Phi) is 13.7. The predicted molar refractivity (Wildman–Crippen MR) is 169 cm³/mol. The van der Waals surface area contributed by atoms with E-state index in [-0.39, 0.29) is 3.72 Å². The quantitative estimate of drug-likeness (QED) is 0.195. The highest BCUT2D eigenvalue weighted by molar-refractivity contribution is 14.3. The zero-order chi connectivity index (χ0) is 13.6. The molecule has 0 aliphatic rings. The van der Waals surface area contributed by atoms with Gasteiger partial charge in [-0.1, -0.05) is 248 Å².